The van der Waals surface area contributed by atoms with Gasteiger partial charge in [0.2, 0.25) is 23.6 Å². The van der Waals surface area contributed by atoms with E-state index in [0.717, 1.165) is 4.90 Å². The molecule has 0 aliphatic carbocycles. The summed E-state index contributed by atoms with van der Waals surface area (Å²) in [6.07, 6.45) is -0.989. The molecule has 164 valence electrons. The Bertz CT molecular complexity index is 660. The summed E-state index contributed by atoms with van der Waals surface area (Å²) in [7, 11) is 0. The third kappa shape index (κ3) is 6.87. The highest BCUT2D eigenvalue weighted by atomic mass is 32.1. The van der Waals surface area contributed by atoms with Crippen molar-refractivity contribution in [1.29, 1.82) is 0 Å². The first-order valence-electron chi connectivity index (χ1n) is 8.96. The van der Waals surface area contributed by atoms with Gasteiger partial charge in [-0.15, -0.1) is 0 Å². The number of aliphatic hydroxyl groups is 1. The van der Waals surface area contributed by atoms with Crippen molar-refractivity contribution in [2.24, 2.45) is 11.5 Å². The monoisotopic (exact) mass is 433 g/mol. The highest BCUT2D eigenvalue weighted by Gasteiger charge is 2.38. The van der Waals surface area contributed by atoms with Crippen LogP contribution in [0.2, 0.25) is 0 Å². The van der Waals surface area contributed by atoms with Gasteiger partial charge < -0.3 is 37.2 Å². The molecule has 29 heavy (non-hydrogen) atoms. The number of likely N-dealkylation sites (tertiary alicyclic amines) is 1. The predicted octanol–water partition coefficient (Wildman–Crippen LogP) is -3.46. The van der Waals surface area contributed by atoms with Crippen LogP contribution in [0.1, 0.15) is 26.2 Å². The molecule has 0 radical (unpaired) electrons. The van der Waals surface area contributed by atoms with Gasteiger partial charge in [0, 0.05) is 12.3 Å². The summed E-state index contributed by atoms with van der Waals surface area (Å²) in [5.74, 6) is -4.63. The maximum atomic E-state index is 12.7. The number of nitrogens with one attached hydrogen (secondary N) is 2. The summed E-state index contributed by atoms with van der Waals surface area (Å²) in [6, 6.07) is -4.95. The lowest BCUT2D eigenvalue weighted by Crippen LogP contribution is -2.59. The van der Waals surface area contributed by atoms with Crippen molar-refractivity contribution in [3.8, 4) is 0 Å². The minimum Gasteiger partial charge on any atom is -0.480 e. The second-order valence-corrected chi connectivity index (χ2v) is 7.13. The van der Waals surface area contributed by atoms with E-state index in [1.807, 2.05) is 0 Å². The molecule has 1 rings (SSSR count). The molecule has 0 aromatic heterocycles. The van der Waals surface area contributed by atoms with Crippen molar-refractivity contribution in [3.63, 3.8) is 0 Å². The third-order valence-electron chi connectivity index (χ3n) is 4.48. The number of rotatable bonds is 10. The molecule has 13 heteroatoms. The number of amides is 4. The molecular formula is C16H27N5O7S. The van der Waals surface area contributed by atoms with Gasteiger partial charge in [-0.1, -0.05) is 0 Å². The van der Waals surface area contributed by atoms with Crippen molar-refractivity contribution in [1.82, 2.24) is 15.5 Å². The van der Waals surface area contributed by atoms with Crippen LogP contribution in [0.25, 0.3) is 0 Å². The summed E-state index contributed by atoms with van der Waals surface area (Å²) >= 11 is 3.98. The SMILES string of the molecule is CC(O)C(N)C(=O)NC(CS)C(=O)NC(CC(N)=O)C(=O)N1CCCC1C(=O)O. The van der Waals surface area contributed by atoms with Crippen LogP contribution in [0.5, 0.6) is 0 Å². The Balaban J connectivity index is 2.91. The molecule has 0 aromatic carbocycles. The highest BCUT2D eigenvalue weighted by molar-refractivity contribution is 7.80. The quantitative estimate of drug-likeness (QED) is 0.172. The van der Waals surface area contributed by atoms with Crippen LogP contribution in [-0.4, -0.2) is 87.3 Å². The Morgan fingerprint density at radius 3 is 2.24 bits per heavy atom. The van der Waals surface area contributed by atoms with Crippen LogP contribution >= 0.6 is 12.6 Å². The Hall–Kier alpha value is -2.38. The second-order valence-electron chi connectivity index (χ2n) is 6.77. The number of carbonyl (C=O) groups is 5. The van der Waals surface area contributed by atoms with Gasteiger partial charge in [-0.25, -0.2) is 4.79 Å². The Morgan fingerprint density at radius 1 is 1.17 bits per heavy atom. The smallest absolute Gasteiger partial charge is 0.326 e. The van der Waals surface area contributed by atoms with Crippen molar-refractivity contribution in [2.75, 3.05) is 12.3 Å². The van der Waals surface area contributed by atoms with Crippen molar-refractivity contribution in [3.05, 3.63) is 0 Å². The van der Waals surface area contributed by atoms with Crippen LogP contribution in [-0.2, 0) is 24.0 Å². The Labute approximate surface area is 172 Å². The molecule has 8 N–H and O–H groups in total. The number of aliphatic carboxylic acids is 1. The number of carboxylic acid groups (broad SMARTS) is 1. The molecule has 1 aliphatic heterocycles. The third-order valence-corrected chi connectivity index (χ3v) is 4.84. The van der Waals surface area contributed by atoms with E-state index in [2.05, 4.69) is 23.3 Å². The summed E-state index contributed by atoms with van der Waals surface area (Å²) < 4.78 is 0. The van der Waals surface area contributed by atoms with E-state index in [0.29, 0.717) is 6.42 Å². The van der Waals surface area contributed by atoms with E-state index < -0.39 is 66.3 Å². The van der Waals surface area contributed by atoms with E-state index in [-0.39, 0.29) is 18.7 Å². The number of hydrogen-bond donors (Lipinski definition) is 7. The summed E-state index contributed by atoms with van der Waals surface area (Å²) in [4.78, 5) is 61.0. The molecule has 5 unspecified atom stereocenters. The van der Waals surface area contributed by atoms with Gasteiger partial charge in [-0.3, -0.25) is 19.2 Å². The molecule has 1 fully saturated rings. The molecule has 1 heterocycles. The standard InChI is InChI=1S/C16H27N5O7S/c1-7(22)12(18)14(25)20-9(6-29)13(24)19-8(5-11(17)23)15(26)21-4-2-3-10(21)16(27)28/h7-10,12,22,29H,2-6,18H2,1H3,(H2,17,23)(H,19,24)(H,20,25)(H,27,28). The number of aliphatic hydroxyl groups excluding tert-OH is 1. The number of carboxylic acids is 1. The zero-order valence-corrected chi connectivity index (χ0v) is 16.8. The minimum atomic E-state index is -1.40. The molecule has 0 saturated carbocycles. The second kappa shape index (κ2) is 11.0. The summed E-state index contributed by atoms with van der Waals surface area (Å²) in [5.41, 5.74) is 10.7. The number of hydrogen-bond acceptors (Lipinski definition) is 8. The molecule has 1 aliphatic rings. The average molecular weight is 433 g/mol. The summed E-state index contributed by atoms with van der Waals surface area (Å²) in [6.45, 7) is 1.47. The fraction of sp³-hybridized carbons (Fsp3) is 0.688. The van der Waals surface area contributed by atoms with Crippen LogP contribution in [0.3, 0.4) is 0 Å². The zero-order valence-electron chi connectivity index (χ0n) is 15.9. The van der Waals surface area contributed by atoms with Crippen LogP contribution in [0.4, 0.5) is 0 Å². The van der Waals surface area contributed by atoms with Gasteiger partial charge in [0.25, 0.3) is 0 Å². The van der Waals surface area contributed by atoms with Gasteiger partial charge in [-0.05, 0) is 19.8 Å². The van der Waals surface area contributed by atoms with E-state index in [1.54, 1.807) is 0 Å². The van der Waals surface area contributed by atoms with E-state index in [1.165, 1.54) is 6.92 Å². The first-order chi connectivity index (χ1) is 13.5. The fourth-order valence-corrected chi connectivity index (χ4v) is 3.10. The number of thiol groups is 1. The largest absolute Gasteiger partial charge is 0.480 e. The number of carbonyl (C=O) groups excluding carboxylic acids is 4. The lowest BCUT2D eigenvalue weighted by Gasteiger charge is -2.28. The minimum absolute atomic E-state index is 0.164. The first kappa shape index (κ1) is 24.7. The van der Waals surface area contributed by atoms with Crippen molar-refractivity contribution >= 4 is 42.2 Å². The van der Waals surface area contributed by atoms with Gasteiger partial charge in [0.15, 0.2) is 0 Å². The molecule has 12 nitrogen and oxygen atoms in total. The van der Waals surface area contributed by atoms with Crippen molar-refractivity contribution < 1.29 is 34.2 Å². The van der Waals surface area contributed by atoms with E-state index in [4.69, 9.17) is 11.5 Å². The molecular weight excluding hydrogens is 406 g/mol. The van der Waals surface area contributed by atoms with Gasteiger partial charge in [0.05, 0.1) is 12.5 Å². The van der Waals surface area contributed by atoms with Crippen LogP contribution in [0, 0.1) is 0 Å². The number of nitrogens with zero attached hydrogens (tertiary/aromatic N) is 1. The van der Waals surface area contributed by atoms with E-state index in [9.17, 15) is 34.2 Å². The van der Waals surface area contributed by atoms with Gasteiger partial charge in [-0.2, -0.15) is 12.6 Å². The molecule has 0 bridgehead atoms. The van der Waals surface area contributed by atoms with Crippen molar-refractivity contribution in [2.45, 2.75) is 56.5 Å². The van der Waals surface area contributed by atoms with Crippen LogP contribution in [0.15, 0.2) is 0 Å². The van der Waals surface area contributed by atoms with Gasteiger partial charge >= 0.3 is 5.97 Å². The molecule has 4 amide bonds. The normalized spacial score (nSPS) is 20.3. The van der Waals surface area contributed by atoms with Gasteiger partial charge in [0.1, 0.15) is 24.2 Å². The first-order valence-corrected chi connectivity index (χ1v) is 9.59. The zero-order chi connectivity index (χ0) is 22.3. The lowest BCUT2D eigenvalue weighted by atomic mass is 10.1. The molecule has 5 atom stereocenters. The molecule has 0 aromatic rings. The maximum absolute atomic E-state index is 12.7. The molecule has 0 spiro atoms. The number of primary amides is 1. The highest BCUT2D eigenvalue weighted by Crippen LogP contribution is 2.19. The fourth-order valence-electron chi connectivity index (χ4n) is 2.84. The van der Waals surface area contributed by atoms with Crippen LogP contribution < -0.4 is 22.1 Å². The lowest BCUT2D eigenvalue weighted by molar-refractivity contribution is -0.149. The Kier molecular flexibility index (Phi) is 9.33. The maximum Gasteiger partial charge on any atom is 0.326 e. The van der Waals surface area contributed by atoms with E-state index >= 15 is 0 Å². The summed E-state index contributed by atoms with van der Waals surface area (Å²) in [5, 5.41) is 23.2. The number of nitrogens with two attached hydrogens (primary N) is 2. The Morgan fingerprint density at radius 2 is 1.76 bits per heavy atom. The topological polar surface area (TPSA) is 205 Å². The molecule has 1 saturated heterocycles. The average Bonchev–Trinajstić information content (AvgIpc) is 3.13. The predicted molar refractivity (Wildman–Crippen MR) is 104 cm³/mol.